The second-order valence-electron chi connectivity index (χ2n) is 7.51. The Morgan fingerprint density at radius 3 is 2.45 bits per heavy atom. The highest BCUT2D eigenvalue weighted by Gasteiger charge is 2.45. The summed E-state index contributed by atoms with van der Waals surface area (Å²) >= 11 is 0. The van der Waals surface area contributed by atoms with Crippen molar-refractivity contribution < 1.29 is 17.9 Å². The van der Waals surface area contributed by atoms with E-state index in [-0.39, 0.29) is 17.0 Å². The maximum atomic E-state index is 13.0. The van der Waals surface area contributed by atoms with Gasteiger partial charge in [0, 0.05) is 51.2 Å². The SMILES string of the molecule is COc1cccc(S(=O)(=O)N2CCC(N3CC(OC)C3c3ccncc3)CC2)c1. The molecule has 7 nitrogen and oxygen atoms in total. The van der Waals surface area contributed by atoms with Crippen molar-refractivity contribution in [1.82, 2.24) is 14.2 Å². The fourth-order valence-corrected chi connectivity index (χ4v) is 5.87. The number of likely N-dealkylation sites (tertiary alicyclic amines) is 1. The molecule has 0 saturated carbocycles. The lowest BCUT2D eigenvalue weighted by molar-refractivity contribution is -0.114. The van der Waals surface area contributed by atoms with E-state index < -0.39 is 10.0 Å². The summed E-state index contributed by atoms with van der Waals surface area (Å²) in [4.78, 5) is 6.84. The topological polar surface area (TPSA) is 72.0 Å². The molecule has 2 aliphatic rings. The second kappa shape index (κ2) is 8.39. The summed E-state index contributed by atoms with van der Waals surface area (Å²) in [6, 6.07) is 11.3. The predicted octanol–water partition coefficient (Wildman–Crippen LogP) is 2.32. The zero-order valence-electron chi connectivity index (χ0n) is 16.8. The van der Waals surface area contributed by atoms with E-state index in [0.29, 0.717) is 24.9 Å². The van der Waals surface area contributed by atoms with Crippen molar-refractivity contribution in [2.24, 2.45) is 0 Å². The number of methoxy groups -OCH3 is 2. The van der Waals surface area contributed by atoms with Crippen LogP contribution >= 0.6 is 0 Å². The van der Waals surface area contributed by atoms with E-state index in [1.165, 1.54) is 12.7 Å². The molecule has 0 amide bonds. The van der Waals surface area contributed by atoms with Gasteiger partial charge in [-0.1, -0.05) is 6.07 Å². The number of nitrogens with zero attached hydrogens (tertiary/aromatic N) is 3. The zero-order valence-corrected chi connectivity index (χ0v) is 17.6. The maximum Gasteiger partial charge on any atom is 0.243 e. The molecule has 2 fully saturated rings. The second-order valence-corrected chi connectivity index (χ2v) is 9.45. The average molecular weight is 418 g/mol. The molecule has 2 saturated heterocycles. The first-order valence-corrected chi connectivity index (χ1v) is 11.3. The molecule has 2 aliphatic heterocycles. The largest absolute Gasteiger partial charge is 0.497 e. The summed E-state index contributed by atoms with van der Waals surface area (Å²) in [5, 5.41) is 0. The summed E-state index contributed by atoms with van der Waals surface area (Å²) in [5.41, 5.74) is 1.20. The fraction of sp³-hybridized carbons (Fsp3) is 0.476. The van der Waals surface area contributed by atoms with Crippen molar-refractivity contribution in [3.05, 3.63) is 54.4 Å². The third-order valence-corrected chi connectivity index (χ3v) is 7.92. The minimum atomic E-state index is -3.51. The molecule has 29 heavy (non-hydrogen) atoms. The Kier molecular flexibility index (Phi) is 5.87. The highest BCUT2D eigenvalue weighted by atomic mass is 32.2. The van der Waals surface area contributed by atoms with E-state index in [4.69, 9.17) is 9.47 Å². The number of pyridine rings is 1. The maximum absolute atomic E-state index is 13.0. The molecule has 8 heteroatoms. The molecule has 0 aliphatic carbocycles. The van der Waals surface area contributed by atoms with Gasteiger partial charge in [-0.3, -0.25) is 9.88 Å². The van der Waals surface area contributed by atoms with E-state index in [2.05, 4.69) is 9.88 Å². The van der Waals surface area contributed by atoms with E-state index in [1.807, 2.05) is 24.5 Å². The quantitative estimate of drug-likeness (QED) is 0.718. The zero-order chi connectivity index (χ0) is 20.4. The Hall–Kier alpha value is -2.00. The minimum absolute atomic E-state index is 0.163. The number of hydrogen-bond donors (Lipinski definition) is 0. The number of ether oxygens (including phenoxy) is 2. The molecule has 3 heterocycles. The van der Waals surface area contributed by atoms with Crippen LogP contribution in [-0.4, -0.2) is 68.6 Å². The van der Waals surface area contributed by atoms with Gasteiger partial charge in [-0.25, -0.2) is 8.42 Å². The highest BCUT2D eigenvalue weighted by Crippen LogP contribution is 2.39. The normalized spacial score (nSPS) is 24.2. The number of aromatic nitrogens is 1. The Balaban J connectivity index is 1.44. The van der Waals surface area contributed by atoms with Crippen molar-refractivity contribution in [3.8, 4) is 5.75 Å². The van der Waals surface area contributed by atoms with Crippen LogP contribution in [0.25, 0.3) is 0 Å². The van der Waals surface area contributed by atoms with E-state index in [1.54, 1.807) is 35.7 Å². The molecule has 2 atom stereocenters. The van der Waals surface area contributed by atoms with Crippen molar-refractivity contribution in [2.75, 3.05) is 33.9 Å². The lowest BCUT2D eigenvalue weighted by atomic mass is 9.87. The van der Waals surface area contributed by atoms with Crippen LogP contribution in [0.5, 0.6) is 5.75 Å². The van der Waals surface area contributed by atoms with E-state index in [9.17, 15) is 8.42 Å². The van der Waals surface area contributed by atoms with Crippen LogP contribution < -0.4 is 4.74 Å². The molecule has 1 aromatic heterocycles. The van der Waals surface area contributed by atoms with Gasteiger partial charge < -0.3 is 9.47 Å². The van der Waals surface area contributed by atoms with Crippen LogP contribution in [0.4, 0.5) is 0 Å². The smallest absolute Gasteiger partial charge is 0.243 e. The number of benzene rings is 1. The molecule has 0 bridgehead atoms. The predicted molar refractivity (Wildman–Crippen MR) is 109 cm³/mol. The van der Waals surface area contributed by atoms with Gasteiger partial charge in [0.2, 0.25) is 10.0 Å². The molecule has 2 aromatic rings. The third kappa shape index (κ3) is 3.90. The Morgan fingerprint density at radius 2 is 1.79 bits per heavy atom. The highest BCUT2D eigenvalue weighted by molar-refractivity contribution is 7.89. The van der Waals surface area contributed by atoms with Gasteiger partial charge in [0.15, 0.2) is 0 Å². The van der Waals surface area contributed by atoms with Gasteiger partial charge >= 0.3 is 0 Å². The van der Waals surface area contributed by atoms with Gasteiger partial charge in [0.1, 0.15) is 5.75 Å². The molecule has 0 spiro atoms. The Labute approximate surface area is 172 Å². The lowest BCUT2D eigenvalue weighted by Crippen LogP contribution is -2.60. The van der Waals surface area contributed by atoms with Crippen molar-refractivity contribution in [3.63, 3.8) is 0 Å². The molecule has 2 unspecified atom stereocenters. The molecule has 1 aromatic carbocycles. The first kappa shape index (κ1) is 20.3. The fourth-order valence-electron chi connectivity index (χ4n) is 4.37. The molecular weight excluding hydrogens is 390 g/mol. The Bertz CT molecular complexity index is 930. The van der Waals surface area contributed by atoms with E-state index >= 15 is 0 Å². The molecule has 4 rings (SSSR count). The van der Waals surface area contributed by atoms with Gasteiger partial charge in [-0.15, -0.1) is 0 Å². The van der Waals surface area contributed by atoms with Gasteiger partial charge in [0.05, 0.1) is 24.2 Å². The van der Waals surface area contributed by atoms with Crippen LogP contribution in [0.15, 0.2) is 53.7 Å². The molecule has 156 valence electrons. The molecule has 0 radical (unpaired) electrons. The molecular formula is C21H27N3O4S. The first-order chi connectivity index (χ1) is 14.0. The van der Waals surface area contributed by atoms with Crippen molar-refractivity contribution in [2.45, 2.75) is 35.9 Å². The Morgan fingerprint density at radius 1 is 1.07 bits per heavy atom. The van der Waals surface area contributed by atoms with Crippen LogP contribution in [0.1, 0.15) is 24.4 Å². The van der Waals surface area contributed by atoms with Crippen LogP contribution in [0.3, 0.4) is 0 Å². The van der Waals surface area contributed by atoms with Crippen LogP contribution in [-0.2, 0) is 14.8 Å². The molecule has 0 N–H and O–H groups in total. The van der Waals surface area contributed by atoms with E-state index in [0.717, 1.165) is 19.4 Å². The summed E-state index contributed by atoms with van der Waals surface area (Å²) in [6.45, 7) is 1.90. The van der Waals surface area contributed by atoms with Gasteiger partial charge in [0.25, 0.3) is 0 Å². The average Bonchev–Trinajstić information content (AvgIpc) is 2.74. The third-order valence-electron chi connectivity index (χ3n) is 6.02. The number of hydrogen-bond acceptors (Lipinski definition) is 6. The number of rotatable bonds is 6. The number of sulfonamides is 1. The van der Waals surface area contributed by atoms with Crippen molar-refractivity contribution >= 4 is 10.0 Å². The van der Waals surface area contributed by atoms with Crippen LogP contribution in [0.2, 0.25) is 0 Å². The lowest BCUT2D eigenvalue weighted by Gasteiger charge is -2.52. The summed E-state index contributed by atoms with van der Waals surface area (Å²) in [5.74, 6) is 0.548. The number of piperidine rings is 1. The van der Waals surface area contributed by atoms with Gasteiger partial charge in [-0.2, -0.15) is 4.31 Å². The minimum Gasteiger partial charge on any atom is -0.497 e. The van der Waals surface area contributed by atoms with Gasteiger partial charge in [-0.05, 0) is 42.7 Å². The summed E-state index contributed by atoms with van der Waals surface area (Å²) in [7, 11) is -0.224. The summed E-state index contributed by atoms with van der Waals surface area (Å²) < 4.78 is 38.5. The van der Waals surface area contributed by atoms with Crippen LogP contribution in [0, 0.1) is 0 Å². The standard InChI is InChI=1S/C21H27N3O4S/c1-27-18-4-3-5-19(14-18)29(25,26)23-12-8-17(9-13-23)24-15-20(28-2)21(24)16-6-10-22-11-7-16/h3-7,10-11,14,17,20-21H,8-9,12-13,15H2,1-2H3. The van der Waals surface area contributed by atoms with Crippen molar-refractivity contribution in [1.29, 1.82) is 0 Å². The first-order valence-electron chi connectivity index (χ1n) is 9.87. The summed E-state index contributed by atoms with van der Waals surface area (Å²) in [6.07, 6.45) is 5.39. The monoisotopic (exact) mass is 417 g/mol.